The van der Waals surface area contributed by atoms with E-state index in [0.29, 0.717) is 18.1 Å². The third-order valence-electron chi connectivity index (χ3n) is 2.24. The lowest BCUT2D eigenvalue weighted by Crippen LogP contribution is -2.10. The number of benzene rings is 1. The Morgan fingerprint density at radius 3 is 2.39 bits per heavy atom. The van der Waals surface area contributed by atoms with Crippen molar-refractivity contribution in [2.75, 3.05) is 18.5 Å². The van der Waals surface area contributed by atoms with Gasteiger partial charge in [0.05, 0.1) is 6.61 Å². The lowest BCUT2D eigenvalue weighted by atomic mass is 10.2. The summed E-state index contributed by atoms with van der Waals surface area (Å²) in [6, 6.07) is 7.11. The second-order valence-electron chi connectivity index (χ2n) is 3.73. The standard InChI is InChI=1S/C13H17BrO4/c14-8-4-1-5-9-17-11-6-2-3-7-12(11)18-10-13(15)16/h2-3,6-7H,1,4-5,8-10H2,(H,15,16). The highest BCUT2D eigenvalue weighted by molar-refractivity contribution is 9.09. The van der Waals surface area contributed by atoms with Gasteiger partial charge in [0.1, 0.15) is 0 Å². The van der Waals surface area contributed by atoms with Crippen molar-refractivity contribution in [3.8, 4) is 11.5 Å². The molecule has 0 bridgehead atoms. The third kappa shape index (κ3) is 5.91. The number of carbonyl (C=O) groups is 1. The molecular formula is C13H17BrO4. The quantitative estimate of drug-likeness (QED) is 0.562. The zero-order chi connectivity index (χ0) is 13.2. The summed E-state index contributed by atoms with van der Waals surface area (Å²) in [5.41, 5.74) is 0. The van der Waals surface area contributed by atoms with Gasteiger partial charge in [-0.05, 0) is 31.4 Å². The largest absolute Gasteiger partial charge is 0.490 e. The van der Waals surface area contributed by atoms with Crippen molar-refractivity contribution in [1.82, 2.24) is 0 Å². The van der Waals surface area contributed by atoms with Crippen LogP contribution in [0.25, 0.3) is 0 Å². The molecule has 0 spiro atoms. The van der Waals surface area contributed by atoms with E-state index in [4.69, 9.17) is 14.6 Å². The van der Waals surface area contributed by atoms with E-state index in [1.54, 1.807) is 18.2 Å². The first-order valence-electron chi connectivity index (χ1n) is 5.86. The van der Waals surface area contributed by atoms with E-state index in [0.717, 1.165) is 24.6 Å². The molecule has 0 saturated heterocycles. The maximum atomic E-state index is 10.4. The molecule has 1 N–H and O–H groups in total. The van der Waals surface area contributed by atoms with Gasteiger partial charge in [-0.2, -0.15) is 0 Å². The molecule has 1 rings (SSSR count). The van der Waals surface area contributed by atoms with Crippen LogP contribution in [0, 0.1) is 0 Å². The molecule has 0 aliphatic carbocycles. The van der Waals surface area contributed by atoms with Gasteiger partial charge < -0.3 is 14.6 Å². The number of alkyl halides is 1. The average molecular weight is 317 g/mol. The SMILES string of the molecule is O=C(O)COc1ccccc1OCCCCCBr. The van der Waals surface area contributed by atoms with Crippen LogP contribution in [0.2, 0.25) is 0 Å². The summed E-state index contributed by atoms with van der Waals surface area (Å²) >= 11 is 3.38. The van der Waals surface area contributed by atoms with Crippen molar-refractivity contribution in [3.63, 3.8) is 0 Å². The highest BCUT2D eigenvalue weighted by Gasteiger charge is 2.06. The molecule has 1 aromatic rings. The fourth-order valence-electron chi connectivity index (χ4n) is 1.38. The highest BCUT2D eigenvalue weighted by Crippen LogP contribution is 2.26. The smallest absolute Gasteiger partial charge is 0.341 e. The number of aliphatic carboxylic acids is 1. The first-order valence-corrected chi connectivity index (χ1v) is 6.98. The maximum Gasteiger partial charge on any atom is 0.341 e. The van der Waals surface area contributed by atoms with Crippen LogP contribution in [-0.4, -0.2) is 29.6 Å². The van der Waals surface area contributed by atoms with Crippen molar-refractivity contribution in [3.05, 3.63) is 24.3 Å². The number of hydrogen-bond acceptors (Lipinski definition) is 3. The topological polar surface area (TPSA) is 55.8 Å². The van der Waals surface area contributed by atoms with Crippen LogP contribution < -0.4 is 9.47 Å². The Bertz CT molecular complexity index is 368. The van der Waals surface area contributed by atoms with Gasteiger partial charge in [-0.1, -0.05) is 28.1 Å². The molecule has 0 aromatic heterocycles. The molecule has 4 nitrogen and oxygen atoms in total. The van der Waals surface area contributed by atoms with Gasteiger partial charge in [0.15, 0.2) is 18.1 Å². The van der Waals surface area contributed by atoms with Crippen molar-refractivity contribution in [2.24, 2.45) is 0 Å². The number of carboxylic acid groups (broad SMARTS) is 1. The Labute approximate surface area is 115 Å². The van der Waals surface area contributed by atoms with Crippen LogP contribution >= 0.6 is 15.9 Å². The van der Waals surface area contributed by atoms with Gasteiger partial charge in [0.25, 0.3) is 0 Å². The molecule has 0 saturated carbocycles. The molecule has 100 valence electrons. The molecule has 0 aliphatic heterocycles. The summed E-state index contributed by atoms with van der Waals surface area (Å²) in [4.78, 5) is 10.4. The van der Waals surface area contributed by atoms with Crippen molar-refractivity contribution in [1.29, 1.82) is 0 Å². The number of halogens is 1. The Balaban J connectivity index is 2.41. The molecule has 18 heavy (non-hydrogen) atoms. The van der Waals surface area contributed by atoms with E-state index < -0.39 is 5.97 Å². The summed E-state index contributed by atoms with van der Waals surface area (Å²) in [5, 5.41) is 9.57. The Morgan fingerprint density at radius 2 is 1.78 bits per heavy atom. The zero-order valence-electron chi connectivity index (χ0n) is 10.1. The highest BCUT2D eigenvalue weighted by atomic mass is 79.9. The van der Waals surface area contributed by atoms with Crippen LogP contribution in [0.4, 0.5) is 0 Å². The lowest BCUT2D eigenvalue weighted by molar-refractivity contribution is -0.139. The van der Waals surface area contributed by atoms with Gasteiger partial charge in [-0.3, -0.25) is 0 Å². The third-order valence-corrected chi connectivity index (χ3v) is 2.80. The van der Waals surface area contributed by atoms with E-state index in [9.17, 15) is 4.79 Å². The van der Waals surface area contributed by atoms with Crippen LogP contribution in [-0.2, 0) is 4.79 Å². The molecule has 0 radical (unpaired) electrons. The normalized spacial score (nSPS) is 10.1. The number of rotatable bonds is 9. The fourth-order valence-corrected chi connectivity index (χ4v) is 1.78. The molecule has 0 unspecified atom stereocenters. The van der Waals surface area contributed by atoms with E-state index in [-0.39, 0.29) is 6.61 Å². The van der Waals surface area contributed by atoms with Crippen LogP contribution in [0.1, 0.15) is 19.3 Å². The van der Waals surface area contributed by atoms with E-state index in [1.807, 2.05) is 6.07 Å². The van der Waals surface area contributed by atoms with Crippen LogP contribution in [0.3, 0.4) is 0 Å². The molecular weight excluding hydrogens is 300 g/mol. The van der Waals surface area contributed by atoms with Crippen LogP contribution in [0.5, 0.6) is 11.5 Å². The molecule has 5 heteroatoms. The first kappa shape index (κ1) is 14.8. The number of para-hydroxylation sites is 2. The Kier molecular flexibility index (Phi) is 7.25. The number of unbranched alkanes of at least 4 members (excludes halogenated alkanes) is 2. The Hall–Kier alpha value is -1.23. The minimum atomic E-state index is -0.998. The van der Waals surface area contributed by atoms with Gasteiger partial charge in [0.2, 0.25) is 0 Å². The minimum absolute atomic E-state index is 0.357. The summed E-state index contributed by atoms with van der Waals surface area (Å²) in [5.74, 6) is 0.0695. The Morgan fingerprint density at radius 1 is 1.11 bits per heavy atom. The number of ether oxygens (including phenoxy) is 2. The number of hydrogen-bond donors (Lipinski definition) is 1. The second-order valence-corrected chi connectivity index (χ2v) is 4.52. The van der Waals surface area contributed by atoms with Crippen molar-refractivity contribution in [2.45, 2.75) is 19.3 Å². The lowest BCUT2D eigenvalue weighted by Gasteiger charge is -2.11. The molecule has 0 atom stereocenters. The monoisotopic (exact) mass is 316 g/mol. The van der Waals surface area contributed by atoms with Gasteiger partial charge in [-0.25, -0.2) is 4.79 Å². The summed E-state index contributed by atoms with van der Waals surface area (Å²) < 4.78 is 10.7. The fraction of sp³-hybridized carbons (Fsp3) is 0.462. The predicted molar refractivity (Wildman–Crippen MR) is 72.7 cm³/mol. The molecule has 0 aliphatic rings. The van der Waals surface area contributed by atoms with Crippen LogP contribution in [0.15, 0.2) is 24.3 Å². The van der Waals surface area contributed by atoms with E-state index >= 15 is 0 Å². The van der Waals surface area contributed by atoms with Crippen molar-refractivity contribution < 1.29 is 19.4 Å². The molecule has 0 amide bonds. The van der Waals surface area contributed by atoms with E-state index in [1.165, 1.54) is 0 Å². The second kappa shape index (κ2) is 8.80. The maximum absolute atomic E-state index is 10.4. The summed E-state index contributed by atoms with van der Waals surface area (Å²) in [7, 11) is 0. The van der Waals surface area contributed by atoms with Gasteiger partial charge >= 0.3 is 5.97 Å². The van der Waals surface area contributed by atoms with E-state index in [2.05, 4.69) is 15.9 Å². The summed E-state index contributed by atoms with van der Waals surface area (Å²) in [6.07, 6.45) is 3.20. The molecule has 0 fully saturated rings. The molecule has 0 heterocycles. The predicted octanol–water partition coefficient (Wildman–Crippen LogP) is 3.09. The van der Waals surface area contributed by atoms with Crippen molar-refractivity contribution >= 4 is 21.9 Å². The van der Waals surface area contributed by atoms with Gasteiger partial charge in [0, 0.05) is 5.33 Å². The average Bonchev–Trinajstić information content (AvgIpc) is 2.37. The molecule has 1 aromatic carbocycles. The number of carboxylic acids is 1. The minimum Gasteiger partial charge on any atom is -0.490 e. The zero-order valence-corrected chi connectivity index (χ0v) is 11.7. The first-order chi connectivity index (χ1) is 8.74. The van der Waals surface area contributed by atoms with Gasteiger partial charge in [-0.15, -0.1) is 0 Å². The summed E-state index contributed by atoms with van der Waals surface area (Å²) in [6.45, 7) is 0.254.